The minimum atomic E-state index is -0.664. The number of carbonyl (C=O) groups excluding carboxylic acids is 3. The Morgan fingerprint density at radius 2 is 1.79 bits per heavy atom. The summed E-state index contributed by atoms with van der Waals surface area (Å²) in [7, 11) is 1.60. The smallest absolute Gasteiger partial charge is 0.338 e. The van der Waals surface area contributed by atoms with Gasteiger partial charge in [0.15, 0.2) is 0 Å². The normalized spacial score (nSPS) is 15.9. The molecule has 1 atom stereocenters. The van der Waals surface area contributed by atoms with Gasteiger partial charge in [0, 0.05) is 29.1 Å². The minimum absolute atomic E-state index is 0.188. The highest BCUT2D eigenvalue weighted by Crippen LogP contribution is 2.31. The fourth-order valence-corrected chi connectivity index (χ4v) is 3.48. The quantitative estimate of drug-likeness (QED) is 0.508. The third kappa shape index (κ3) is 6.04. The van der Waals surface area contributed by atoms with Crippen molar-refractivity contribution in [1.82, 2.24) is 10.2 Å². The maximum Gasteiger partial charge on any atom is 0.338 e. The van der Waals surface area contributed by atoms with E-state index in [0.29, 0.717) is 33.2 Å². The number of nitrogens with one attached hydrogen (secondary N) is 3. The third-order valence-electron chi connectivity index (χ3n) is 5.11. The number of benzene rings is 2. The molecule has 1 aliphatic heterocycles. The molecule has 33 heavy (non-hydrogen) atoms. The number of allylic oxidation sites excluding steroid dienone is 1. The van der Waals surface area contributed by atoms with Gasteiger partial charge in [-0.05, 0) is 48.7 Å². The number of carbonyl (C=O) groups is 3. The molecule has 1 aliphatic rings. The topological polar surface area (TPSA) is 99.8 Å². The van der Waals surface area contributed by atoms with Crippen molar-refractivity contribution >= 4 is 41.0 Å². The van der Waals surface area contributed by atoms with Crippen LogP contribution in [0.4, 0.5) is 21.0 Å². The van der Waals surface area contributed by atoms with Gasteiger partial charge < -0.3 is 25.6 Å². The lowest BCUT2D eigenvalue weighted by atomic mass is 9.95. The number of hydrogen-bond donors (Lipinski definition) is 3. The van der Waals surface area contributed by atoms with Crippen LogP contribution in [0.3, 0.4) is 0 Å². The first-order valence-corrected chi connectivity index (χ1v) is 10.9. The van der Waals surface area contributed by atoms with Crippen molar-refractivity contribution in [2.24, 2.45) is 5.92 Å². The first-order valence-electron chi connectivity index (χ1n) is 10.5. The van der Waals surface area contributed by atoms with Crippen LogP contribution in [-0.2, 0) is 9.53 Å². The van der Waals surface area contributed by atoms with Gasteiger partial charge in [-0.15, -0.1) is 0 Å². The number of urea groups is 2. The van der Waals surface area contributed by atoms with E-state index in [1.807, 2.05) is 13.8 Å². The maximum atomic E-state index is 12.8. The minimum Gasteiger partial charge on any atom is -0.462 e. The Hall–Kier alpha value is -3.52. The van der Waals surface area contributed by atoms with Crippen LogP contribution < -0.4 is 16.0 Å². The number of nitrogens with zero attached hydrogens (tertiary/aromatic N) is 1. The number of anilines is 2. The zero-order valence-corrected chi connectivity index (χ0v) is 19.7. The van der Waals surface area contributed by atoms with E-state index < -0.39 is 18.0 Å². The Kier molecular flexibility index (Phi) is 7.60. The zero-order valence-electron chi connectivity index (χ0n) is 18.9. The molecule has 174 valence electrons. The molecule has 1 unspecified atom stereocenters. The fraction of sp³-hybridized carbons (Fsp3) is 0.292. The summed E-state index contributed by atoms with van der Waals surface area (Å²) in [6.45, 7) is 5.91. The molecule has 2 aromatic rings. The lowest BCUT2D eigenvalue weighted by Crippen LogP contribution is -2.46. The summed E-state index contributed by atoms with van der Waals surface area (Å²) in [5.74, 6) is -0.284. The van der Waals surface area contributed by atoms with E-state index in [-0.39, 0.29) is 18.6 Å². The van der Waals surface area contributed by atoms with Crippen LogP contribution in [0.25, 0.3) is 0 Å². The lowest BCUT2D eigenvalue weighted by Gasteiger charge is -2.33. The molecular formula is C24H27ClN4O4. The Morgan fingerprint density at radius 1 is 1.12 bits per heavy atom. The molecule has 0 aromatic heterocycles. The van der Waals surface area contributed by atoms with Gasteiger partial charge in [-0.25, -0.2) is 14.4 Å². The van der Waals surface area contributed by atoms with Gasteiger partial charge in [-0.1, -0.05) is 43.6 Å². The van der Waals surface area contributed by atoms with Gasteiger partial charge in [-0.2, -0.15) is 0 Å². The molecule has 0 bridgehead atoms. The van der Waals surface area contributed by atoms with Crippen molar-refractivity contribution in [3.05, 3.63) is 70.4 Å². The van der Waals surface area contributed by atoms with E-state index in [1.54, 1.807) is 62.5 Å². The monoisotopic (exact) mass is 470 g/mol. The summed E-state index contributed by atoms with van der Waals surface area (Å²) < 4.78 is 5.44. The third-order valence-corrected chi connectivity index (χ3v) is 5.34. The Balaban J connectivity index is 1.76. The number of amides is 4. The Bertz CT molecular complexity index is 1080. The summed E-state index contributed by atoms with van der Waals surface area (Å²) in [5.41, 5.74) is 2.70. The van der Waals surface area contributed by atoms with E-state index in [2.05, 4.69) is 16.0 Å². The number of rotatable bonds is 6. The van der Waals surface area contributed by atoms with Crippen molar-refractivity contribution < 1.29 is 19.1 Å². The van der Waals surface area contributed by atoms with E-state index in [4.69, 9.17) is 16.3 Å². The molecule has 2 aromatic carbocycles. The molecule has 0 aliphatic carbocycles. The second kappa shape index (κ2) is 10.4. The molecule has 4 amide bonds. The molecule has 0 saturated heterocycles. The Morgan fingerprint density at radius 3 is 2.42 bits per heavy atom. The van der Waals surface area contributed by atoms with Gasteiger partial charge in [0.25, 0.3) is 0 Å². The molecule has 3 N–H and O–H groups in total. The summed E-state index contributed by atoms with van der Waals surface area (Å²) >= 11 is 5.94. The van der Waals surface area contributed by atoms with Gasteiger partial charge in [0.1, 0.15) is 0 Å². The van der Waals surface area contributed by atoms with Gasteiger partial charge in [0.05, 0.1) is 18.2 Å². The van der Waals surface area contributed by atoms with E-state index in [1.165, 1.54) is 4.90 Å². The average Bonchev–Trinajstić information content (AvgIpc) is 2.76. The van der Waals surface area contributed by atoms with Crippen LogP contribution in [-0.4, -0.2) is 36.6 Å². The van der Waals surface area contributed by atoms with Crippen LogP contribution in [0.15, 0.2) is 59.8 Å². The summed E-state index contributed by atoms with van der Waals surface area (Å²) in [6, 6.07) is 12.3. The van der Waals surface area contributed by atoms with E-state index in [0.717, 1.165) is 0 Å². The van der Waals surface area contributed by atoms with Gasteiger partial charge >= 0.3 is 18.0 Å². The van der Waals surface area contributed by atoms with Crippen LogP contribution >= 0.6 is 11.6 Å². The molecule has 0 radical (unpaired) electrons. The molecule has 9 heteroatoms. The number of halogens is 1. The molecule has 3 rings (SSSR count). The van der Waals surface area contributed by atoms with Crippen molar-refractivity contribution in [3.63, 3.8) is 0 Å². The standard InChI is InChI=1S/C24H27ClN4O4/c1-14(2)13-33-22(30)20-15(3)29(4)24(32)28-21(20)16-8-10-18(11-9-16)26-23(31)27-19-7-5-6-17(25)12-19/h5-12,14,21H,13H2,1-4H3,(H,28,32)(H2,26,27,31). The first kappa shape index (κ1) is 24.1. The first-order chi connectivity index (χ1) is 15.7. The van der Waals surface area contributed by atoms with Crippen LogP contribution in [0, 0.1) is 5.92 Å². The molecule has 0 fully saturated rings. The lowest BCUT2D eigenvalue weighted by molar-refractivity contribution is -0.140. The van der Waals surface area contributed by atoms with Gasteiger partial charge in [-0.3, -0.25) is 0 Å². The molecule has 0 spiro atoms. The average molecular weight is 471 g/mol. The Labute approximate surface area is 197 Å². The van der Waals surface area contributed by atoms with Crippen LogP contribution in [0.2, 0.25) is 5.02 Å². The predicted molar refractivity (Wildman–Crippen MR) is 128 cm³/mol. The number of hydrogen-bond acceptors (Lipinski definition) is 4. The highest BCUT2D eigenvalue weighted by molar-refractivity contribution is 6.30. The second-order valence-corrected chi connectivity index (χ2v) is 8.58. The maximum absolute atomic E-state index is 12.8. The van der Waals surface area contributed by atoms with Crippen molar-refractivity contribution in [3.8, 4) is 0 Å². The predicted octanol–water partition coefficient (Wildman–Crippen LogP) is 5.15. The van der Waals surface area contributed by atoms with Crippen molar-refractivity contribution in [2.45, 2.75) is 26.8 Å². The molecular weight excluding hydrogens is 444 g/mol. The number of ether oxygens (including phenoxy) is 1. The van der Waals surface area contributed by atoms with Crippen molar-refractivity contribution in [1.29, 1.82) is 0 Å². The zero-order chi connectivity index (χ0) is 24.1. The SMILES string of the molecule is CC1=C(C(=O)OCC(C)C)C(c2ccc(NC(=O)Nc3cccc(Cl)c3)cc2)NC(=O)N1C. The summed E-state index contributed by atoms with van der Waals surface area (Å²) in [4.78, 5) is 38.9. The molecule has 1 heterocycles. The summed E-state index contributed by atoms with van der Waals surface area (Å²) in [6.07, 6.45) is 0. The van der Waals surface area contributed by atoms with Crippen LogP contribution in [0.1, 0.15) is 32.4 Å². The van der Waals surface area contributed by atoms with Gasteiger partial charge in [0.2, 0.25) is 0 Å². The highest BCUT2D eigenvalue weighted by Gasteiger charge is 2.35. The van der Waals surface area contributed by atoms with Crippen LogP contribution in [0.5, 0.6) is 0 Å². The highest BCUT2D eigenvalue weighted by atomic mass is 35.5. The fourth-order valence-electron chi connectivity index (χ4n) is 3.29. The van der Waals surface area contributed by atoms with Crippen molar-refractivity contribution in [2.75, 3.05) is 24.3 Å². The van der Waals surface area contributed by atoms with E-state index >= 15 is 0 Å². The molecule has 8 nitrogen and oxygen atoms in total. The summed E-state index contributed by atoms with van der Waals surface area (Å²) in [5, 5.41) is 8.81. The second-order valence-electron chi connectivity index (χ2n) is 8.14. The number of esters is 1. The molecule has 0 saturated carbocycles. The van der Waals surface area contributed by atoms with E-state index in [9.17, 15) is 14.4 Å². The largest absolute Gasteiger partial charge is 0.462 e.